The van der Waals surface area contributed by atoms with E-state index in [0.717, 1.165) is 22.6 Å². The Morgan fingerprint density at radius 1 is 0.781 bits per heavy atom. The molecule has 0 radical (unpaired) electrons. The Morgan fingerprint density at radius 3 is 2.12 bits per heavy atom. The van der Waals surface area contributed by atoms with Crippen LogP contribution in [0.3, 0.4) is 0 Å². The van der Waals surface area contributed by atoms with Crippen molar-refractivity contribution in [3.63, 3.8) is 0 Å². The molecule has 0 saturated carbocycles. The average molecular weight is 443 g/mol. The van der Waals surface area contributed by atoms with Gasteiger partial charge < -0.3 is 10.6 Å². The lowest BCUT2D eigenvalue weighted by atomic mass is 10.1. The summed E-state index contributed by atoms with van der Waals surface area (Å²) in [6.07, 6.45) is 5.79. The molecule has 5 nitrogen and oxygen atoms in total. The van der Waals surface area contributed by atoms with Crippen molar-refractivity contribution >= 4 is 33.2 Å². The minimum Gasteiger partial charge on any atom is -0.359 e. The highest BCUT2D eigenvalue weighted by molar-refractivity contribution is 7.94. The summed E-state index contributed by atoms with van der Waals surface area (Å²) in [6.45, 7) is 0. The fourth-order valence-electron chi connectivity index (χ4n) is 3.22. The summed E-state index contributed by atoms with van der Waals surface area (Å²) < 4.78 is 24.7. The van der Waals surface area contributed by atoms with Gasteiger partial charge >= 0.3 is 0 Å². The van der Waals surface area contributed by atoms with E-state index in [1.807, 2.05) is 66.7 Å². The van der Waals surface area contributed by atoms with E-state index in [1.165, 1.54) is 5.41 Å². The van der Waals surface area contributed by atoms with Crippen LogP contribution in [0.2, 0.25) is 0 Å². The van der Waals surface area contributed by atoms with Crippen LogP contribution in [-0.2, 0) is 14.6 Å². The average Bonchev–Trinajstić information content (AvgIpc) is 3.29. The largest absolute Gasteiger partial charge is 0.359 e. The number of anilines is 2. The van der Waals surface area contributed by atoms with Gasteiger partial charge in [-0.25, -0.2) is 8.42 Å². The lowest BCUT2D eigenvalue weighted by Crippen LogP contribution is -2.14. The normalized spacial score (nSPS) is 13.5. The molecule has 0 aliphatic heterocycles. The Balaban J connectivity index is 1.32. The van der Waals surface area contributed by atoms with Gasteiger partial charge in [0.25, 0.3) is 5.91 Å². The molecule has 0 saturated heterocycles. The second-order valence-electron chi connectivity index (χ2n) is 7.29. The van der Waals surface area contributed by atoms with E-state index in [4.69, 9.17) is 0 Å². The standard InChI is InChI=1S/C26H22N2O3S/c29-26(28-22-7-3-1-4-8-22)21-13-16-24(19-21)27-23-14-11-20(12-15-23)17-18-32(30,31)25-9-5-2-6-10-25/h1-18,27H,19H2,(H,28,29)/b18-17+. The number of sulfone groups is 1. The molecule has 0 fully saturated rings. The fraction of sp³-hybridized carbons (Fsp3) is 0.0385. The molecule has 32 heavy (non-hydrogen) atoms. The molecule has 0 heterocycles. The molecule has 0 aromatic heterocycles. The summed E-state index contributed by atoms with van der Waals surface area (Å²) in [5, 5.41) is 7.40. The maximum Gasteiger partial charge on any atom is 0.251 e. The highest BCUT2D eigenvalue weighted by atomic mass is 32.2. The van der Waals surface area contributed by atoms with Crippen LogP contribution in [0.25, 0.3) is 6.08 Å². The Bertz CT molecular complexity index is 1290. The molecule has 3 aromatic carbocycles. The van der Waals surface area contributed by atoms with Crippen LogP contribution >= 0.6 is 0 Å². The van der Waals surface area contributed by atoms with Crippen molar-refractivity contribution in [1.29, 1.82) is 0 Å². The monoisotopic (exact) mass is 442 g/mol. The lowest BCUT2D eigenvalue weighted by Gasteiger charge is -2.10. The first-order valence-corrected chi connectivity index (χ1v) is 11.7. The molecule has 4 rings (SSSR count). The molecular weight excluding hydrogens is 420 g/mol. The quantitative estimate of drug-likeness (QED) is 0.514. The van der Waals surface area contributed by atoms with E-state index >= 15 is 0 Å². The number of rotatable bonds is 7. The maximum atomic E-state index is 12.4. The highest BCUT2D eigenvalue weighted by Crippen LogP contribution is 2.23. The van der Waals surface area contributed by atoms with Gasteiger partial charge in [0.2, 0.25) is 0 Å². The summed E-state index contributed by atoms with van der Waals surface area (Å²) in [4.78, 5) is 12.7. The minimum atomic E-state index is -3.47. The molecule has 2 N–H and O–H groups in total. The number of amides is 1. The maximum absolute atomic E-state index is 12.4. The topological polar surface area (TPSA) is 75.3 Å². The Labute approximate surface area is 187 Å². The molecule has 1 aliphatic rings. The van der Waals surface area contributed by atoms with E-state index in [-0.39, 0.29) is 10.8 Å². The summed E-state index contributed by atoms with van der Waals surface area (Å²) in [7, 11) is -3.47. The summed E-state index contributed by atoms with van der Waals surface area (Å²) in [6, 6.07) is 25.1. The SMILES string of the molecule is O=C(Nc1ccccc1)C1=CC=C(Nc2ccc(/C=C/S(=O)(=O)c3ccccc3)cc2)C1. The van der Waals surface area contributed by atoms with Crippen LogP contribution in [0.5, 0.6) is 0 Å². The van der Waals surface area contributed by atoms with Crippen LogP contribution in [-0.4, -0.2) is 14.3 Å². The highest BCUT2D eigenvalue weighted by Gasteiger charge is 2.16. The third-order valence-electron chi connectivity index (χ3n) is 4.92. The zero-order chi connectivity index (χ0) is 22.4. The van der Waals surface area contributed by atoms with Gasteiger partial charge in [-0.05, 0) is 54.1 Å². The molecule has 1 aliphatic carbocycles. The van der Waals surface area contributed by atoms with Gasteiger partial charge in [-0.1, -0.05) is 54.6 Å². The van der Waals surface area contributed by atoms with Gasteiger partial charge in [0.05, 0.1) is 4.90 Å². The molecule has 6 heteroatoms. The molecule has 0 bridgehead atoms. The van der Waals surface area contributed by atoms with Crippen molar-refractivity contribution in [3.8, 4) is 0 Å². The van der Waals surface area contributed by atoms with Crippen molar-refractivity contribution in [1.82, 2.24) is 0 Å². The van der Waals surface area contributed by atoms with Crippen molar-refractivity contribution in [2.45, 2.75) is 11.3 Å². The predicted molar refractivity (Wildman–Crippen MR) is 129 cm³/mol. The van der Waals surface area contributed by atoms with E-state index in [1.54, 1.807) is 36.4 Å². The molecule has 0 unspecified atom stereocenters. The number of para-hydroxylation sites is 1. The molecular formula is C26H22N2O3S. The third kappa shape index (κ3) is 5.42. The smallest absolute Gasteiger partial charge is 0.251 e. The van der Waals surface area contributed by atoms with Crippen LogP contribution in [0, 0.1) is 0 Å². The number of allylic oxidation sites excluding steroid dienone is 3. The third-order valence-corrected chi connectivity index (χ3v) is 6.34. The Hall–Kier alpha value is -3.90. The van der Waals surface area contributed by atoms with Crippen LogP contribution in [0.1, 0.15) is 12.0 Å². The second-order valence-corrected chi connectivity index (χ2v) is 9.12. The van der Waals surface area contributed by atoms with Crippen LogP contribution in [0.4, 0.5) is 11.4 Å². The lowest BCUT2D eigenvalue weighted by molar-refractivity contribution is -0.112. The minimum absolute atomic E-state index is 0.121. The van der Waals surface area contributed by atoms with Crippen molar-refractivity contribution in [2.24, 2.45) is 0 Å². The van der Waals surface area contributed by atoms with Crippen LogP contribution < -0.4 is 10.6 Å². The number of hydrogen-bond donors (Lipinski definition) is 2. The Kier molecular flexibility index (Phi) is 6.33. The predicted octanol–water partition coefficient (Wildman–Crippen LogP) is 5.40. The van der Waals surface area contributed by atoms with E-state index in [2.05, 4.69) is 10.6 Å². The number of nitrogens with one attached hydrogen (secondary N) is 2. The summed E-state index contributed by atoms with van der Waals surface area (Å²) in [5.41, 5.74) is 3.99. The summed E-state index contributed by atoms with van der Waals surface area (Å²) in [5.74, 6) is -0.121. The number of carbonyl (C=O) groups is 1. The van der Waals surface area contributed by atoms with Gasteiger partial charge in [-0.2, -0.15) is 0 Å². The first kappa shape index (κ1) is 21.3. The zero-order valence-corrected chi connectivity index (χ0v) is 18.0. The Morgan fingerprint density at radius 2 is 1.44 bits per heavy atom. The molecule has 160 valence electrons. The molecule has 0 atom stereocenters. The van der Waals surface area contributed by atoms with E-state index in [0.29, 0.717) is 12.0 Å². The first-order chi connectivity index (χ1) is 15.5. The number of hydrogen-bond acceptors (Lipinski definition) is 4. The first-order valence-electron chi connectivity index (χ1n) is 10.1. The van der Waals surface area contributed by atoms with E-state index < -0.39 is 9.84 Å². The molecule has 1 amide bonds. The van der Waals surface area contributed by atoms with Gasteiger partial charge in [0.15, 0.2) is 9.84 Å². The number of benzene rings is 3. The van der Waals surface area contributed by atoms with Crippen LogP contribution in [0.15, 0.2) is 119 Å². The van der Waals surface area contributed by atoms with Gasteiger partial charge in [-0.3, -0.25) is 4.79 Å². The fourth-order valence-corrected chi connectivity index (χ4v) is 4.25. The van der Waals surface area contributed by atoms with Crippen molar-refractivity contribution in [2.75, 3.05) is 10.6 Å². The number of carbonyl (C=O) groups excluding carboxylic acids is 1. The zero-order valence-electron chi connectivity index (χ0n) is 17.2. The molecule has 3 aromatic rings. The second kappa shape index (κ2) is 9.49. The van der Waals surface area contributed by atoms with Gasteiger partial charge in [0.1, 0.15) is 0 Å². The van der Waals surface area contributed by atoms with E-state index in [9.17, 15) is 13.2 Å². The molecule has 0 spiro atoms. The van der Waals surface area contributed by atoms with Gasteiger partial charge in [0, 0.05) is 34.5 Å². The van der Waals surface area contributed by atoms with Crippen molar-refractivity contribution in [3.05, 3.63) is 119 Å². The van der Waals surface area contributed by atoms with Gasteiger partial charge in [-0.15, -0.1) is 0 Å². The summed E-state index contributed by atoms with van der Waals surface area (Å²) >= 11 is 0. The van der Waals surface area contributed by atoms with Crippen molar-refractivity contribution < 1.29 is 13.2 Å².